The van der Waals surface area contributed by atoms with Crippen molar-refractivity contribution < 1.29 is 18.7 Å². The van der Waals surface area contributed by atoms with E-state index in [1.165, 1.54) is 12.1 Å². The summed E-state index contributed by atoms with van der Waals surface area (Å²) in [4.78, 5) is 14.5. The number of carbonyl (C=O) groups is 1. The number of cyclic esters (lactones) is 1. The van der Waals surface area contributed by atoms with Gasteiger partial charge in [0.1, 0.15) is 17.2 Å². The molecule has 1 aliphatic heterocycles. The maximum absolute atomic E-state index is 13.3. The van der Waals surface area contributed by atoms with Gasteiger partial charge in [-0.15, -0.1) is 6.58 Å². The fourth-order valence-electron chi connectivity index (χ4n) is 3.53. The molecule has 1 saturated heterocycles. The van der Waals surface area contributed by atoms with Crippen LogP contribution in [0.15, 0.2) is 61.2 Å². The first-order valence-corrected chi connectivity index (χ1v) is 8.99. The Morgan fingerprint density at radius 1 is 1.26 bits per heavy atom. The predicted molar refractivity (Wildman–Crippen MR) is 102 cm³/mol. The zero-order valence-electron chi connectivity index (χ0n) is 15.7. The number of benzene rings is 2. The number of hydrogen-bond acceptors (Lipinski definition) is 3. The second-order valence-corrected chi connectivity index (χ2v) is 6.75. The van der Waals surface area contributed by atoms with Crippen LogP contribution in [0.1, 0.15) is 36.9 Å². The van der Waals surface area contributed by atoms with E-state index < -0.39 is 5.60 Å². The molecule has 0 N–H and O–H groups in total. The minimum absolute atomic E-state index is 0.127. The summed E-state index contributed by atoms with van der Waals surface area (Å²) in [7, 11) is 1.62. The molecule has 27 heavy (non-hydrogen) atoms. The Morgan fingerprint density at radius 2 is 1.93 bits per heavy atom. The molecule has 1 aliphatic rings. The van der Waals surface area contributed by atoms with E-state index in [4.69, 9.17) is 9.47 Å². The van der Waals surface area contributed by atoms with Gasteiger partial charge in [-0.25, -0.2) is 9.18 Å². The Balaban J connectivity index is 1.80. The summed E-state index contributed by atoms with van der Waals surface area (Å²) in [6.07, 6.45) is 2.45. The van der Waals surface area contributed by atoms with Crippen molar-refractivity contribution in [2.75, 3.05) is 13.7 Å². The molecule has 142 valence electrons. The zero-order valence-corrected chi connectivity index (χ0v) is 15.7. The Labute approximate surface area is 159 Å². The number of hydrogen-bond donors (Lipinski definition) is 0. The van der Waals surface area contributed by atoms with Crippen LogP contribution in [-0.4, -0.2) is 24.6 Å². The molecule has 1 amide bonds. The van der Waals surface area contributed by atoms with Crippen LogP contribution >= 0.6 is 0 Å². The Morgan fingerprint density at radius 3 is 2.48 bits per heavy atom. The van der Waals surface area contributed by atoms with E-state index in [9.17, 15) is 9.18 Å². The highest BCUT2D eigenvalue weighted by Crippen LogP contribution is 2.40. The fraction of sp³-hybridized carbons (Fsp3) is 0.318. The molecule has 0 radical (unpaired) electrons. The summed E-state index contributed by atoms with van der Waals surface area (Å²) in [5.74, 6) is 0.456. The zero-order chi connectivity index (χ0) is 19.4. The van der Waals surface area contributed by atoms with Crippen LogP contribution < -0.4 is 4.74 Å². The van der Waals surface area contributed by atoms with Crippen molar-refractivity contribution in [2.24, 2.45) is 0 Å². The average Bonchev–Trinajstić information content (AvgIpc) is 2.68. The van der Waals surface area contributed by atoms with E-state index in [0.717, 1.165) is 16.9 Å². The fourth-order valence-corrected chi connectivity index (χ4v) is 3.53. The molecule has 1 fully saturated rings. The lowest BCUT2D eigenvalue weighted by molar-refractivity contribution is -0.0588. The Bertz CT molecular complexity index is 803. The summed E-state index contributed by atoms with van der Waals surface area (Å²) in [5.41, 5.74) is 0.988. The van der Waals surface area contributed by atoms with E-state index in [2.05, 4.69) is 6.58 Å². The van der Waals surface area contributed by atoms with Crippen molar-refractivity contribution in [1.29, 1.82) is 0 Å². The topological polar surface area (TPSA) is 38.8 Å². The smallest absolute Gasteiger partial charge is 0.411 e. The molecule has 2 aromatic rings. The number of carbonyl (C=O) groups excluding carboxylic acids is 1. The maximum atomic E-state index is 13.3. The number of rotatable bonds is 6. The van der Waals surface area contributed by atoms with Crippen molar-refractivity contribution in [3.8, 4) is 5.75 Å². The molecule has 5 heteroatoms. The second-order valence-electron chi connectivity index (χ2n) is 6.75. The standard InChI is InChI=1S/C22H24FNO3/c1-4-13-22(18-7-9-19(23)10-8-18)14-15-24(21(25)27-22)16(2)17-5-11-20(26-3)12-6-17/h4-12,16H,1,13-15H2,2-3H3. The molecule has 0 spiro atoms. The molecule has 0 aromatic heterocycles. The number of methoxy groups -OCH3 is 1. The van der Waals surface area contributed by atoms with E-state index in [0.29, 0.717) is 19.4 Å². The van der Waals surface area contributed by atoms with Crippen LogP contribution in [0.2, 0.25) is 0 Å². The average molecular weight is 369 g/mol. The predicted octanol–water partition coefficient (Wildman–Crippen LogP) is 5.21. The van der Waals surface area contributed by atoms with E-state index in [-0.39, 0.29) is 18.0 Å². The normalized spacial score (nSPS) is 20.7. The number of amides is 1. The van der Waals surface area contributed by atoms with Gasteiger partial charge in [-0.3, -0.25) is 0 Å². The molecule has 0 bridgehead atoms. The van der Waals surface area contributed by atoms with E-state index >= 15 is 0 Å². The first-order chi connectivity index (χ1) is 13.0. The molecule has 0 saturated carbocycles. The third kappa shape index (κ3) is 3.82. The van der Waals surface area contributed by atoms with Crippen molar-refractivity contribution >= 4 is 6.09 Å². The van der Waals surface area contributed by atoms with Gasteiger partial charge in [0.2, 0.25) is 0 Å². The highest BCUT2D eigenvalue weighted by Gasteiger charge is 2.42. The third-order valence-electron chi connectivity index (χ3n) is 5.18. The van der Waals surface area contributed by atoms with Gasteiger partial charge in [0.25, 0.3) is 0 Å². The first kappa shape index (κ1) is 19.0. The van der Waals surface area contributed by atoms with Crippen LogP contribution in [0.4, 0.5) is 9.18 Å². The number of nitrogens with zero attached hydrogens (tertiary/aromatic N) is 1. The van der Waals surface area contributed by atoms with E-state index in [1.807, 2.05) is 31.2 Å². The molecule has 3 rings (SSSR count). The van der Waals surface area contributed by atoms with Gasteiger partial charge in [0, 0.05) is 19.4 Å². The lowest BCUT2D eigenvalue weighted by Crippen LogP contribution is -2.48. The largest absolute Gasteiger partial charge is 0.497 e. The van der Waals surface area contributed by atoms with Crippen LogP contribution in [0.25, 0.3) is 0 Å². The Kier molecular flexibility index (Phi) is 5.49. The summed E-state index contributed by atoms with van der Waals surface area (Å²) >= 11 is 0. The highest BCUT2D eigenvalue weighted by molar-refractivity contribution is 5.70. The van der Waals surface area contributed by atoms with Crippen LogP contribution in [0.5, 0.6) is 5.75 Å². The van der Waals surface area contributed by atoms with Gasteiger partial charge in [0.15, 0.2) is 0 Å². The van der Waals surface area contributed by atoms with Gasteiger partial charge < -0.3 is 14.4 Å². The van der Waals surface area contributed by atoms with Crippen molar-refractivity contribution in [1.82, 2.24) is 4.90 Å². The minimum atomic E-state index is -0.803. The number of ether oxygens (including phenoxy) is 2. The molecule has 2 aromatic carbocycles. The van der Waals surface area contributed by atoms with Crippen molar-refractivity contribution in [2.45, 2.75) is 31.4 Å². The van der Waals surface area contributed by atoms with Gasteiger partial charge >= 0.3 is 6.09 Å². The lowest BCUT2D eigenvalue weighted by atomic mass is 9.85. The van der Waals surface area contributed by atoms with Crippen LogP contribution in [0.3, 0.4) is 0 Å². The van der Waals surface area contributed by atoms with Gasteiger partial charge in [-0.05, 0) is 42.3 Å². The highest BCUT2D eigenvalue weighted by atomic mass is 19.1. The lowest BCUT2D eigenvalue weighted by Gasteiger charge is -2.43. The van der Waals surface area contributed by atoms with E-state index in [1.54, 1.807) is 30.2 Å². The summed E-state index contributed by atoms with van der Waals surface area (Å²) in [5, 5.41) is 0. The molecule has 1 heterocycles. The van der Waals surface area contributed by atoms with Crippen LogP contribution in [-0.2, 0) is 10.3 Å². The van der Waals surface area contributed by atoms with Crippen molar-refractivity contribution in [3.63, 3.8) is 0 Å². The molecular weight excluding hydrogens is 345 g/mol. The molecule has 4 nitrogen and oxygen atoms in total. The maximum Gasteiger partial charge on any atom is 0.411 e. The van der Waals surface area contributed by atoms with Gasteiger partial charge in [-0.1, -0.05) is 30.3 Å². The molecule has 0 aliphatic carbocycles. The van der Waals surface area contributed by atoms with Gasteiger partial charge in [0.05, 0.1) is 13.2 Å². The third-order valence-corrected chi connectivity index (χ3v) is 5.18. The SMILES string of the molecule is C=CCC1(c2ccc(F)cc2)CCN(C(C)c2ccc(OC)cc2)C(=O)O1. The monoisotopic (exact) mass is 369 g/mol. The number of halogens is 1. The van der Waals surface area contributed by atoms with Gasteiger partial charge in [-0.2, -0.15) is 0 Å². The van der Waals surface area contributed by atoms with Crippen LogP contribution in [0, 0.1) is 5.82 Å². The quantitative estimate of drug-likeness (QED) is 0.656. The molecule has 2 unspecified atom stereocenters. The van der Waals surface area contributed by atoms with Crippen molar-refractivity contribution in [3.05, 3.63) is 78.1 Å². The minimum Gasteiger partial charge on any atom is -0.497 e. The molecule has 2 atom stereocenters. The second kappa shape index (κ2) is 7.82. The summed E-state index contributed by atoms with van der Waals surface area (Å²) in [6, 6.07) is 13.6. The summed E-state index contributed by atoms with van der Waals surface area (Å²) < 4.78 is 24.4. The first-order valence-electron chi connectivity index (χ1n) is 8.99. The Hall–Kier alpha value is -2.82. The summed E-state index contributed by atoms with van der Waals surface area (Å²) in [6.45, 7) is 6.31. The molecular formula is C22H24FNO3.